The van der Waals surface area contributed by atoms with Crippen molar-refractivity contribution in [2.45, 2.75) is 0 Å². The van der Waals surface area contributed by atoms with Crippen molar-refractivity contribution >= 4 is 40.9 Å². The third-order valence-electron chi connectivity index (χ3n) is 2.17. The Hall–Kier alpha value is -1.68. The van der Waals surface area contributed by atoms with Gasteiger partial charge in [0.05, 0.1) is 26.2 Å². The predicted octanol–water partition coefficient (Wildman–Crippen LogP) is -2.45. The van der Waals surface area contributed by atoms with E-state index in [-0.39, 0.29) is 30.2 Å². The van der Waals surface area contributed by atoms with Gasteiger partial charge in [-0.05, 0) is 0 Å². The Labute approximate surface area is 130 Å². The van der Waals surface area contributed by atoms with E-state index >= 15 is 0 Å². The van der Waals surface area contributed by atoms with Gasteiger partial charge in [-0.2, -0.15) is 0 Å². The molecule has 0 amide bonds. The molecular formula is C10H16N2O8Se. The molecule has 0 unspecified atom stereocenters. The molecule has 0 rings (SSSR count). The molecule has 10 nitrogen and oxygen atoms in total. The van der Waals surface area contributed by atoms with Gasteiger partial charge in [0.1, 0.15) is 0 Å². The zero-order chi connectivity index (χ0) is 15.7. The summed E-state index contributed by atoms with van der Waals surface area (Å²) >= 11 is 0. The molecule has 0 saturated heterocycles. The number of rotatable bonds is 11. The minimum absolute atomic E-state index is 0. The summed E-state index contributed by atoms with van der Waals surface area (Å²) in [5.41, 5.74) is 0. The molecule has 0 spiro atoms. The van der Waals surface area contributed by atoms with Crippen molar-refractivity contribution in [1.82, 2.24) is 9.80 Å². The second-order valence-corrected chi connectivity index (χ2v) is 4.00. The average Bonchev–Trinajstić information content (AvgIpc) is 2.22. The van der Waals surface area contributed by atoms with Crippen LogP contribution in [0.1, 0.15) is 0 Å². The minimum atomic E-state index is -1.23. The average molecular weight is 371 g/mol. The SMILES string of the molecule is O=C(O)CN(CCN(CC(=O)O)CC(=O)O)CC(=O)O.[Se]. The maximum Gasteiger partial charge on any atom is 0.317 e. The van der Waals surface area contributed by atoms with Crippen LogP contribution in [0.4, 0.5) is 0 Å². The smallest absolute Gasteiger partial charge is 0.317 e. The van der Waals surface area contributed by atoms with Gasteiger partial charge in [-0.3, -0.25) is 29.0 Å². The molecule has 0 heterocycles. The first-order valence-corrected chi connectivity index (χ1v) is 5.52. The summed E-state index contributed by atoms with van der Waals surface area (Å²) in [4.78, 5) is 44.4. The molecular weight excluding hydrogens is 355 g/mol. The monoisotopic (exact) mass is 372 g/mol. The second-order valence-electron chi connectivity index (χ2n) is 4.00. The number of nitrogens with zero attached hydrogens (tertiary/aromatic N) is 2. The normalized spacial score (nSPS) is 10.2. The molecule has 0 aliphatic carbocycles. The molecule has 0 fully saturated rings. The van der Waals surface area contributed by atoms with Crippen LogP contribution in [-0.4, -0.2) is 110 Å². The van der Waals surface area contributed by atoms with E-state index in [9.17, 15) is 19.2 Å². The van der Waals surface area contributed by atoms with E-state index in [0.29, 0.717) is 0 Å². The van der Waals surface area contributed by atoms with Crippen LogP contribution < -0.4 is 0 Å². The number of carbonyl (C=O) groups is 4. The van der Waals surface area contributed by atoms with Crippen LogP contribution in [0.5, 0.6) is 0 Å². The molecule has 11 heteroatoms. The van der Waals surface area contributed by atoms with E-state index in [1.54, 1.807) is 0 Å². The van der Waals surface area contributed by atoms with Crippen molar-refractivity contribution in [1.29, 1.82) is 0 Å². The molecule has 4 N–H and O–H groups in total. The summed E-state index contributed by atoms with van der Waals surface area (Å²) < 4.78 is 0. The Kier molecular flexibility index (Phi) is 11.4. The van der Waals surface area contributed by atoms with E-state index in [4.69, 9.17) is 20.4 Å². The minimum Gasteiger partial charge on any atom is -0.480 e. The molecule has 0 aromatic heterocycles. The first kappa shape index (κ1) is 21.6. The maximum atomic E-state index is 10.6. The first-order valence-electron chi connectivity index (χ1n) is 5.52. The zero-order valence-corrected chi connectivity index (χ0v) is 12.7. The van der Waals surface area contributed by atoms with Gasteiger partial charge in [0.15, 0.2) is 0 Å². The number of aliphatic carboxylic acids is 4. The van der Waals surface area contributed by atoms with E-state index in [1.807, 2.05) is 0 Å². The maximum absolute atomic E-state index is 10.6. The van der Waals surface area contributed by atoms with Crippen molar-refractivity contribution in [3.05, 3.63) is 0 Å². The van der Waals surface area contributed by atoms with Crippen LogP contribution in [0.15, 0.2) is 0 Å². The zero-order valence-electron chi connectivity index (χ0n) is 11.0. The molecule has 21 heavy (non-hydrogen) atoms. The van der Waals surface area contributed by atoms with Gasteiger partial charge in [0.2, 0.25) is 0 Å². The largest absolute Gasteiger partial charge is 0.480 e. The topological polar surface area (TPSA) is 156 Å². The molecule has 120 valence electrons. The fourth-order valence-electron chi connectivity index (χ4n) is 1.48. The molecule has 0 atom stereocenters. The Morgan fingerprint density at radius 2 is 0.762 bits per heavy atom. The fraction of sp³-hybridized carbons (Fsp3) is 0.600. The Morgan fingerprint density at radius 3 is 0.905 bits per heavy atom. The van der Waals surface area contributed by atoms with Crippen LogP contribution in [0.25, 0.3) is 0 Å². The second kappa shape index (κ2) is 11.0. The molecule has 0 aliphatic rings. The van der Waals surface area contributed by atoms with Crippen LogP contribution in [0.2, 0.25) is 0 Å². The van der Waals surface area contributed by atoms with Gasteiger partial charge in [-0.15, -0.1) is 0 Å². The number of hydrogen-bond acceptors (Lipinski definition) is 6. The number of carboxylic acid groups (broad SMARTS) is 4. The molecule has 2 radical (unpaired) electrons. The summed E-state index contributed by atoms with van der Waals surface area (Å²) in [5.74, 6) is -4.91. The number of carboxylic acids is 4. The van der Waals surface area contributed by atoms with Crippen molar-refractivity contribution in [3.63, 3.8) is 0 Å². The summed E-state index contributed by atoms with van der Waals surface area (Å²) in [7, 11) is 0. The molecule has 0 aromatic carbocycles. The quantitative estimate of drug-likeness (QED) is 0.288. The van der Waals surface area contributed by atoms with Gasteiger partial charge >= 0.3 is 23.9 Å². The molecule has 0 aliphatic heterocycles. The standard InChI is InChI=1S/C10H16N2O8.Se/c13-7(14)3-11(4-8(15)16)1-2-12(5-9(17)18)6-10(19)20;/h1-6H2,(H,13,14)(H,15,16)(H,17,18)(H,19,20);. The van der Waals surface area contributed by atoms with Crippen LogP contribution in [-0.2, 0) is 19.2 Å². The van der Waals surface area contributed by atoms with Crippen LogP contribution >= 0.6 is 0 Å². The predicted molar refractivity (Wildman–Crippen MR) is 69.2 cm³/mol. The van der Waals surface area contributed by atoms with Gasteiger partial charge in [-0.1, -0.05) is 0 Å². The Morgan fingerprint density at radius 1 is 0.571 bits per heavy atom. The van der Waals surface area contributed by atoms with Gasteiger partial charge in [-0.25, -0.2) is 0 Å². The molecule has 0 aromatic rings. The number of hydrogen-bond donors (Lipinski definition) is 4. The first-order chi connectivity index (χ1) is 9.20. The fourth-order valence-corrected chi connectivity index (χ4v) is 1.48. The van der Waals surface area contributed by atoms with E-state index in [0.717, 1.165) is 9.80 Å². The van der Waals surface area contributed by atoms with Gasteiger partial charge < -0.3 is 20.4 Å². The van der Waals surface area contributed by atoms with Crippen molar-refractivity contribution < 1.29 is 39.6 Å². The van der Waals surface area contributed by atoms with E-state index in [2.05, 4.69) is 0 Å². The third kappa shape index (κ3) is 13.1. The Balaban J connectivity index is 0. The summed E-state index contributed by atoms with van der Waals surface area (Å²) in [5, 5.41) is 34.5. The van der Waals surface area contributed by atoms with Crippen molar-refractivity contribution in [2.24, 2.45) is 0 Å². The van der Waals surface area contributed by atoms with Gasteiger partial charge in [0, 0.05) is 30.2 Å². The van der Waals surface area contributed by atoms with E-state index in [1.165, 1.54) is 0 Å². The molecule has 0 bridgehead atoms. The van der Waals surface area contributed by atoms with Crippen LogP contribution in [0, 0.1) is 0 Å². The summed E-state index contributed by atoms with van der Waals surface area (Å²) in [6.45, 7) is -2.25. The Bertz CT molecular complexity index is 321. The van der Waals surface area contributed by atoms with Gasteiger partial charge in [0.25, 0.3) is 0 Å². The van der Waals surface area contributed by atoms with Crippen LogP contribution in [0.3, 0.4) is 0 Å². The summed E-state index contributed by atoms with van der Waals surface area (Å²) in [6.07, 6.45) is 0. The third-order valence-corrected chi connectivity index (χ3v) is 2.17. The molecule has 0 saturated carbocycles. The van der Waals surface area contributed by atoms with E-state index < -0.39 is 50.1 Å². The van der Waals surface area contributed by atoms with Crippen molar-refractivity contribution in [3.8, 4) is 0 Å². The van der Waals surface area contributed by atoms with Crippen molar-refractivity contribution in [2.75, 3.05) is 39.3 Å². The summed E-state index contributed by atoms with van der Waals surface area (Å²) in [6, 6.07) is 0.